The molecule has 0 radical (unpaired) electrons. The number of aryl methyl sites for hydroxylation is 1. The molecule has 0 aliphatic carbocycles. The predicted molar refractivity (Wildman–Crippen MR) is 111 cm³/mol. The molecule has 1 aromatic heterocycles. The summed E-state index contributed by atoms with van der Waals surface area (Å²) < 4.78 is 0. The molecule has 3 aromatic rings. The first-order valence-corrected chi connectivity index (χ1v) is 8.94. The molecule has 1 heterocycles. The first-order valence-electron chi connectivity index (χ1n) is 8.94. The van der Waals surface area contributed by atoms with Gasteiger partial charge in [0.05, 0.1) is 5.56 Å². The van der Waals surface area contributed by atoms with Crippen molar-refractivity contribution in [2.45, 2.75) is 13.5 Å². The number of carbonyl (C=O) groups is 2. The zero-order valence-corrected chi connectivity index (χ0v) is 15.6. The van der Waals surface area contributed by atoms with Crippen molar-refractivity contribution >= 4 is 23.6 Å². The van der Waals surface area contributed by atoms with Crippen molar-refractivity contribution in [1.82, 2.24) is 10.3 Å². The first-order chi connectivity index (χ1) is 13.6. The summed E-state index contributed by atoms with van der Waals surface area (Å²) in [7, 11) is 0. The Morgan fingerprint density at radius 2 is 1.79 bits per heavy atom. The molecule has 0 aliphatic rings. The van der Waals surface area contributed by atoms with Gasteiger partial charge >= 0.3 is 0 Å². The molecule has 0 saturated carbocycles. The maximum Gasteiger partial charge on any atom is 0.257 e. The Morgan fingerprint density at radius 1 is 1.00 bits per heavy atom. The fraction of sp³-hybridized carbons (Fsp3) is 0.0870. The van der Waals surface area contributed by atoms with E-state index in [1.165, 1.54) is 12.3 Å². The van der Waals surface area contributed by atoms with Crippen molar-refractivity contribution in [1.29, 1.82) is 0 Å². The third kappa shape index (κ3) is 5.38. The number of carbonyl (C=O) groups excluding carboxylic acids is 2. The van der Waals surface area contributed by atoms with E-state index in [4.69, 9.17) is 0 Å². The minimum atomic E-state index is -0.213. The average Bonchev–Trinajstić information content (AvgIpc) is 2.73. The second kappa shape index (κ2) is 9.28. The Labute approximate surface area is 164 Å². The van der Waals surface area contributed by atoms with E-state index in [1.807, 2.05) is 49.4 Å². The topological polar surface area (TPSA) is 71.1 Å². The van der Waals surface area contributed by atoms with Crippen LogP contribution in [0.25, 0.3) is 6.08 Å². The van der Waals surface area contributed by atoms with Gasteiger partial charge in [0, 0.05) is 30.7 Å². The van der Waals surface area contributed by atoms with Gasteiger partial charge in [-0.25, -0.2) is 0 Å². The molecule has 3 rings (SSSR count). The van der Waals surface area contributed by atoms with Gasteiger partial charge in [-0.05, 0) is 54.0 Å². The number of pyridine rings is 1. The van der Waals surface area contributed by atoms with Gasteiger partial charge in [0.25, 0.3) is 5.91 Å². The Hall–Kier alpha value is -3.73. The Morgan fingerprint density at radius 3 is 2.50 bits per heavy atom. The molecule has 2 amide bonds. The first kappa shape index (κ1) is 19.0. The van der Waals surface area contributed by atoms with Crippen LogP contribution in [-0.4, -0.2) is 16.8 Å². The SMILES string of the molecule is Cc1ccccc1/C=C/C(=O)NCc1ccc(NC(=O)c2cccnc2)cc1. The van der Waals surface area contributed by atoms with E-state index in [2.05, 4.69) is 15.6 Å². The summed E-state index contributed by atoms with van der Waals surface area (Å²) in [5.74, 6) is -0.368. The van der Waals surface area contributed by atoms with E-state index < -0.39 is 0 Å². The highest BCUT2D eigenvalue weighted by atomic mass is 16.2. The second-order valence-electron chi connectivity index (χ2n) is 6.30. The van der Waals surface area contributed by atoms with E-state index in [-0.39, 0.29) is 11.8 Å². The predicted octanol–water partition coefficient (Wildman–Crippen LogP) is 3.97. The molecular weight excluding hydrogens is 350 g/mol. The number of aromatic nitrogens is 1. The van der Waals surface area contributed by atoms with Gasteiger partial charge in [-0.3, -0.25) is 14.6 Å². The molecule has 28 heavy (non-hydrogen) atoms. The summed E-state index contributed by atoms with van der Waals surface area (Å²) in [5, 5.41) is 5.67. The lowest BCUT2D eigenvalue weighted by Crippen LogP contribution is -2.20. The lowest BCUT2D eigenvalue weighted by atomic mass is 10.1. The summed E-state index contributed by atoms with van der Waals surface area (Å²) >= 11 is 0. The molecular formula is C23H21N3O2. The van der Waals surface area contributed by atoms with Crippen LogP contribution in [0.1, 0.15) is 27.0 Å². The Kier molecular flexibility index (Phi) is 6.31. The number of nitrogens with one attached hydrogen (secondary N) is 2. The zero-order valence-electron chi connectivity index (χ0n) is 15.6. The number of benzene rings is 2. The fourth-order valence-corrected chi connectivity index (χ4v) is 2.59. The smallest absolute Gasteiger partial charge is 0.257 e. The zero-order chi connectivity index (χ0) is 19.8. The molecule has 0 bridgehead atoms. The van der Waals surface area contributed by atoms with Crippen LogP contribution in [-0.2, 0) is 11.3 Å². The minimum Gasteiger partial charge on any atom is -0.348 e. The van der Waals surface area contributed by atoms with Gasteiger partial charge < -0.3 is 10.6 Å². The molecule has 0 atom stereocenters. The molecule has 0 unspecified atom stereocenters. The molecule has 2 N–H and O–H groups in total. The highest BCUT2D eigenvalue weighted by Gasteiger charge is 2.05. The van der Waals surface area contributed by atoms with Crippen molar-refractivity contribution in [3.8, 4) is 0 Å². The summed E-state index contributed by atoms with van der Waals surface area (Å²) in [6.45, 7) is 2.42. The molecule has 5 heteroatoms. The molecule has 0 aliphatic heterocycles. The van der Waals surface area contributed by atoms with Gasteiger partial charge in [0.1, 0.15) is 0 Å². The van der Waals surface area contributed by atoms with Crippen LogP contribution >= 0.6 is 0 Å². The number of hydrogen-bond donors (Lipinski definition) is 2. The quantitative estimate of drug-likeness (QED) is 0.644. The Bertz CT molecular complexity index is 980. The van der Waals surface area contributed by atoms with Crippen LogP contribution in [0.15, 0.2) is 79.1 Å². The van der Waals surface area contributed by atoms with Crippen molar-refractivity contribution < 1.29 is 9.59 Å². The number of rotatable bonds is 6. The van der Waals surface area contributed by atoms with Gasteiger partial charge in [-0.2, -0.15) is 0 Å². The molecule has 0 fully saturated rings. The van der Waals surface area contributed by atoms with E-state index in [0.717, 1.165) is 16.7 Å². The van der Waals surface area contributed by atoms with E-state index in [1.54, 1.807) is 30.5 Å². The molecule has 140 valence electrons. The largest absolute Gasteiger partial charge is 0.348 e. The second-order valence-corrected chi connectivity index (χ2v) is 6.30. The average molecular weight is 371 g/mol. The number of amides is 2. The van der Waals surface area contributed by atoms with Crippen LogP contribution in [0.4, 0.5) is 5.69 Å². The van der Waals surface area contributed by atoms with Crippen molar-refractivity contribution in [3.63, 3.8) is 0 Å². The third-order valence-electron chi connectivity index (χ3n) is 4.21. The van der Waals surface area contributed by atoms with Crippen LogP contribution in [0.2, 0.25) is 0 Å². The van der Waals surface area contributed by atoms with Crippen LogP contribution < -0.4 is 10.6 Å². The molecule has 2 aromatic carbocycles. The standard InChI is InChI=1S/C23H21N3O2/c1-17-5-2-3-6-19(17)10-13-22(27)25-15-18-8-11-21(12-9-18)26-23(28)20-7-4-14-24-16-20/h2-14,16H,15H2,1H3,(H,25,27)(H,26,28)/b13-10+. The molecule has 0 saturated heterocycles. The number of anilines is 1. The maximum atomic E-state index is 12.1. The lowest BCUT2D eigenvalue weighted by Gasteiger charge is -2.07. The number of nitrogens with zero attached hydrogens (tertiary/aromatic N) is 1. The van der Waals surface area contributed by atoms with Crippen LogP contribution in [0.5, 0.6) is 0 Å². The summed E-state index contributed by atoms with van der Waals surface area (Å²) in [6.07, 6.45) is 6.48. The molecule has 0 spiro atoms. The number of hydrogen-bond acceptors (Lipinski definition) is 3. The van der Waals surface area contributed by atoms with Crippen molar-refractivity contribution in [2.75, 3.05) is 5.32 Å². The fourth-order valence-electron chi connectivity index (χ4n) is 2.59. The summed E-state index contributed by atoms with van der Waals surface area (Å²) in [6, 6.07) is 18.6. The maximum absolute atomic E-state index is 12.1. The normalized spacial score (nSPS) is 10.6. The van der Waals surface area contributed by atoms with Crippen LogP contribution in [0.3, 0.4) is 0 Å². The highest BCUT2D eigenvalue weighted by Crippen LogP contribution is 2.12. The van der Waals surface area contributed by atoms with E-state index in [0.29, 0.717) is 17.8 Å². The Balaban J connectivity index is 1.51. The van der Waals surface area contributed by atoms with E-state index in [9.17, 15) is 9.59 Å². The van der Waals surface area contributed by atoms with Gasteiger partial charge in [-0.1, -0.05) is 36.4 Å². The monoisotopic (exact) mass is 371 g/mol. The summed E-state index contributed by atoms with van der Waals surface area (Å²) in [4.78, 5) is 28.1. The molecule has 5 nitrogen and oxygen atoms in total. The van der Waals surface area contributed by atoms with Crippen molar-refractivity contribution in [2.24, 2.45) is 0 Å². The third-order valence-corrected chi connectivity index (χ3v) is 4.21. The summed E-state index contributed by atoms with van der Waals surface area (Å²) in [5.41, 5.74) is 4.27. The van der Waals surface area contributed by atoms with Gasteiger partial charge in [0.2, 0.25) is 5.91 Å². The van der Waals surface area contributed by atoms with Gasteiger partial charge in [-0.15, -0.1) is 0 Å². The van der Waals surface area contributed by atoms with Gasteiger partial charge in [0.15, 0.2) is 0 Å². The van der Waals surface area contributed by atoms with E-state index >= 15 is 0 Å². The lowest BCUT2D eigenvalue weighted by molar-refractivity contribution is -0.116. The highest BCUT2D eigenvalue weighted by molar-refractivity contribution is 6.04. The minimum absolute atomic E-state index is 0.155. The van der Waals surface area contributed by atoms with Crippen molar-refractivity contribution in [3.05, 3.63) is 101 Å². The van der Waals surface area contributed by atoms with Crippen LogP contribution in [0, 0.1) is 6.92 Å².